The lowest BCUT2D eigenvalue weighted by Crippen LogP contribution is -2.63. The molecule has 0 bridgehead atoms. The molecule has 0 unspecified atom stereocenters. The first-order valence-electron chi connectivity index (χ1n) is 13.3. The van der Waals surface area contributed by atoms with Crippen molar-refractivity contribution in [2.24, 2.45) is 5.73 Å². The Kier molecular flexibility index (Phi) is 6.59. The van der Waals surface area contributed by atoms with E-state index in [0.717, 1.165) is 76.7 Å². The van der Waals surface area contributed by atoms with Crippen molar-refractivity contribution in [2.75, 3.05) is 68.1 Å². The Hall–Kier alpha value is -3.76. The molecule has 3 aliphatic rings. The Labute approximate surface area is 222 Å². The number of pyridine rings is 1. The topological polar surface area (TPSA) is 113 Å². The SMILES string of the molecule is CN1CCN(c2ccc(Nc3nc(N4CCC45CCOCC5)c(-c4ccccn4)nc3C(N)=O)cc2)CC1. The van der Waals surface area contributed by atoms with Gasteiger partial charge < -0.3 is 30.5 Å². The Morgan fingerprint density at radius 3 is 2.37 bits per heavy atom. The van der Waals surface area contributed by atoms with Gasteiger partial charge in [0.15, 0.2) is 17.3 Å². The lowest BCUT2D eigenvalue weighted by atomic mass is 9.78. The number of likely N-dealkylation sites (N-methyl/N-ethyl adjacent to an activating group) is 1. The molecular formula is C28H34N8O2. The molecule has 1 spiro atoms. The number of hydrogen-bond donors (Lipinski definition) is 2. The average Bonchev–Trinajstić information content (AvgIpc) is 2.94. The van der Waals surface area contributed by atoms with Crippen LogP contribution in [0.2, 0.25) is 0 Å². The van der Waals surface area contributed by atoms with E-state index >= 15 is 0 Å². The van der Waals surface area contributed by atoms with Crippen molar-refractivity contribution in [1.29, 1.82) is 0 Å². The molecule has 3 fully saturated rings. The quantitative estimate of drug-likeness (QED) is 0.513. The molecule has 3 N–H and O–H groups in total. The summed E-state index contributed by atoms with van der Waals surface area (Å²) in [5, 5.41) is 3.33. The Bertz CT molecular complexity index is 1290. The van der Waals surface area contributed by atoms with Crippen LogP contribution < -0.4 is 20.9 Å². The second kappa shape index (κ2) is 10.2. The van der Waals surface area contributed by atoms with Crippen LogP contribution in [0.5, 0.6) is 0 Å². The van der Waals surface area contributed by atoms with E-state index in [1.807, 2.05) is 30.3 Å². The third kappa shape index (κ3) is 4.65. The predicted molar refractivity (Wildman–Crippen MR) is 148 cm³/mol. The van der Waals surface area contributed by atoms with E-state index in [2.05, 4.69) is 44.2 Å². The number of ether oxygens (including phenoxy) is 1. The number of nitrogens with two attached hydrogens (primary N) is 1. The fraction of sp³-hybridized carbons (Fsp3) is 0.429. The highest BCUT2D eigenvalue weighted by Gasteiger charge is 2.47. The lowest BCUT2D eigenvalue weighted by Gasteiger charge is -2.55. The molecule has 2 aromatic heterocycles. The molecule has 0 atom stereocenters. The number of benzene rings is 1. The first kappa shape index (κ1) is 24.6. The van der Waals surface area contributed by atoms with Gasteiger partial charge in [0, 0.05) is 69.0 Å². The molecular weight excluding hydrogens is 480 g/mol. The van der Waals surface area contributed by atoms with Gasteiger partial charge in [0.05, 0.1) is 5.69 Å². The van der Waals surface area contributed by atoms with Gasteiger partial charge in [-0.1, -0.05) is 6.07 Å². The van der Waals surface area contributed by atoms with Crippen LogP contribution >= 0.6 is 0 Å². The van der Waals surface area contributed by atoms with Crippen molar-refractivity contribution in [3.8, 4) is 11.4 Å². The maximum Gasteiger partial charge on any atom is 0.271 e. The minimum Gasteiger partial charge on any atom is -0.381 e. The van der Waals surface area contributed by atoms with E-state index in [9.17, 15) is 4.79 Å². The minimum atomic E-state index is -0.637. The molecule has 1 amide bonds. The fourth-order valence-electron chi connectivity index (χ4n) is 5.65. The van der Waals surface area contributed by atoms with Crippen molar-refractivity contribution in [3.05, 3.63) is 54.4 Å². The van der Waals surface area contributed by atoms with E-state index in [0.29, 0.717) is 17.2 Å². The van der Waals surface area contributed by atoms with Gasteiger partial charge in [-0.3, -0.25) is 9.78 Å². The number of primary amides is 1. The van der Waals surface area contributed by atoms with Crippen LogP contribution in [0.1, 0.15) is 29.8 Å². The first-order chi connectivity index (χ1) is 18.5. The molecule has 6 rings (SSSR count). The number of carbonyl (C=O) groups is 1. The van der Waals surface area contributed by atoms with Crippen molar-refractivity contribution < 1.29 is 9.53 Å². The molecule has 1 aromatic carbocycles. The molecule has 38 heavy (non-hydrogen) atoms. The predicted octanol–water partition coefficient (Wildman–Crippen LogP) is 2.89. The highest BCUT2D eigenvalue weighted by molar-refractivity contribution is 5.97. The average molecular weight is 515 g/mol. The van der Waals surface area contributed by atoms with Crippen molar-refractivity contribution in [1.82, 2.24) is 19.9 Å². The minimum absolute atomic E-state index is 0.00781. The van der Waals surface area contributed by atoms with E-state index in [4.69, 9.17) is 20.4 Å². The van der Waals surface area contributed by atoms with Crippen LogP contribution in [0, 0.1) is 0 Å². The van der Waals surface area contributed by atoms with Gasteiger partial charge >= 0.3 is 0 Å². The number of piperazine rings is 1. The lowest BCUT2D eigenvalue weighted by molar-refractivity contribution is 0.0285. The number of rotatable bonds is 6. The number of hydrogen-bond acceptors (Lipinski definition) is 9. The number of carbonyl (C=O) groups excluding carboxylic acids is 1. The summed E-state index contributed by atoms with van der Waals surface area (Å²) in [6.45, 7) is 6.42. The smallest absolute Gasteiger partial charge is 0.271 e. The van der Waals surface area contributed by atoms with Crippen LogP contribution in [0.15, 0.2) is 48.7 Å². The Morgan fingerprint density at radius 2 is 1.74 bits per heavy atom. The van der Waals surface area contributed by atoms with Gasteiger partial charge in [-0.25, -0.2) is 9.97 Å². The highest BCUT2D eigenvalue weighted by Crippen LogP contribution is 2.45. The summed E-state index contributed by atoms with van der Waals surface area (Å²) in [6.07, 6.45) is 4.67. The zero-order chi connectivity index (χ0) is 26.1. The van der Waals surface area contributed by atoms with Crippen molar-refractivity contribution in [2.45, 2.75) is 24.8 Å². The van der Waals surface area contributed by atoms with Crippen LogP contribution in [0.3, 0.4) is 0 Å². The molecule has 3 aliphatic heterocycles. The maximum atomic E-state index is 12.6. The Balaban J connectivity index is 1.35. The van der Waals surface area contributed by atoms with Crippen LogP contribution in [-0.4, -0.2) is 84.3 Å². The molecule has 0 radical (unpaired) electrons. The number of nitrogens with zero attached hydrogens (tertiary/aromatic N) is 6. The van der Waals surface area contributed by atoms with Gasteiger partial charge in [0.2, 0.25) is 0 Å². The number of aromatic nitrogens is 3. The van der Waals surface area contributed by atoms with Gasteiger partial charge in [-0.15, -0.1) is 0 Å². The summed E-state index contributed by atoms with van der Waals surface area (Å²) >= 11 is 0. The van der Waals surface area contributed by atoms with Crippen LogP contribution in [-0.2, 0) is 4.74 Å². The fourth-order valence-corrected chi connectivity index (χ4v) is 5.65. The summed E-state index contributed by atoms with van der Waals surface area (Å²) in [5.74, 6) is 0.439. The summed E-state index contributed by atoms with van der Waals surface area (Å²) < 4.78 is 5.66. The molecule has 10 heteroatoms. The van der Waals surface area contributed by atoms with Gasteiger partial charge in [0.25, 0.3) is 5.91 Å². The Morgan fingerprint density at radius 1 is 0.974 bits per heavy atom. The molecule has 0 saturated carbocycles. The van der Waals surface area contributed by atoms with Gasteiger partial charge in [0.1, 0.15) is 5.69 Å². The molecule has 3 aromatic rings. The van der Waals surface area contributed by atoms with Crippen molar-refractivity contribution >= 4 is 28.9 Å². The first-order valence-corrected chi connectivity index (χ1v) is 13.3. The zero-order valence-electron chi connectivity index (χ0n) is 21.8. The van der Waals surface area contributed by atoms with Crippen LogP contribution in [0.25, 0.3) is 11.4 Å². The molecule has 10 nitrogen and oxygen atoms in total. The zero-order valence-corrected chi connectivity index (χ0v) is 21.8. The normalized spacial score (nSPS) is 19.3. The monoisotopic (exact) mass is 514 g/mol. The molecule has 3 saturated heterocycles. The van der Waals surface area contributed by atoms with Gasteiger partial charge in [-0.2, -0.15) is 0 Å². The third-order valence-electron chi connectivity index (χ3n) is 8.07. The molecule has 0 aliphatic carbocycles. The summed E-state index contributed by atoms with van der Waals surface area (Å²) in [6, 6.07) is 13.9. The largest absolute Gasteiger partial charge is 0.381 e. The standard InChI is InChI=1S/C28H34N8O2/c1-34-14-16-35(17-15-34)21-7-5-20(6-8-21)31-26-24(25(29)37)32-23(22-4-2-3-12-30-22)27(33-26)36-13-9-28(36)10-18-38-19-11-28/h2-8,12H,9-11,13-19H2,1H3,(H2,29,37)(H,31,33). The van der Waals surface area contributed by atoms with Crippen LogP contribution in [0.4, 0.5) is 23.0 Å². The summed E-state index contributed by atoms with van der Waals surface area (Å²) in [4.78, 5) is 33.9. The van der Waals surface area contributed by atoms with E-state index in [1.54, 1.807) is 6.20 Å². The summed E-state index contributed by atoms with van der Waals surface area (Å²) in [5.41, 5.74) is 9.13. The second-order valence-electron chi connectivity index (χ2n) is 10.4. The molecule has 198 valence electrons. The number of anilines is 4. The third-order valence-corrected chi connectivity index (χ3v) is 8.07. The van der Waals surface area contributed by atoms with Gasteiger partial charge in [-0.05, 0) is 62.7 Å². The van der Waals surface area contributed by atoms with Crippen molar-refractivity contribution in [3.63, 3.8) is 0 Å². The van der Waals surface area contributed by atoms with E-state index in [1.165, 1.54) is 5.69 Å². The number of nitrogens with one attached hydrogen (secondary N) is 1. The highest BCUT2D eigenvalue weighted by atomic mass is 16.5. The molecule has 5 heterocycles. The number of amides is 1. The maximum absolute atomic E-state index is 12.6. The summed E-state index contributed by atoms with van der Waals surface area (Å²) in [7, 11) is 2.15. The second-order valence-corrected chi connectivity index (χ2v) is 10.4. The van der Waals surface area contributed by atoms with E-state index in [-0.39, 0.29) is 11.2 Å². The van der Waals surface area contributed by atoms with E-state index < -0.39 is 5.91 Å².